The van der Waals surface area contributed by atoms with Crippen molar-refractivity contribution in [2.75, 3.05) is 17.7 Å². The zero-order valence-electron chi connectivity index (χ0n) is 20.4. The predicted molar refractivity (Wildman–Crippen MR) is 137 cm³/mol. The number of nitrogens with zero attached hydrogens (tertiary/aromatic N) is 1. The SMILES string of the molecule is COc1c(NC2=C(C(=O)C3CC3)C=CNC(Nc3ccc(C(C)(C)O)cn3)=C2)cccc1C(C)=N. The molecule has 1 saturated carbocycles. The Morgan fingerprint density at radius 2 is 2.00 bits per heavy atom. The standard InChI is InChI=1S/C27H31N5O3/c1-16(28)19-6-5-7-21(26(19)35-4)31-22-14-24(29-13-12-20(22)25(33)17-8-9-17)32-23-11-10-18(15-30-23)27(2,3)34/h5-7,10-15,17,28-29,31,34H,8-9H2,1-4H3,(H,30,32). The number of nitrogens with one attached hydrogen (secondary N) is 4. The van der Waals surface area contributed by atoms with Crippen molar-refractivity contribution in [3.8, 4) is 5.75 Å². The first-order valence-electron chi connectivity index (χ1n) is 11.6. The molecule has 1 aromatic carbocycles. The molecule has 2 aromatic rings. The van der Waals surface area contributed by atoms with Crippen LogP contribution in [0.5, 0.6) is 5.75 Å². The highest BCUT2D eigenvalue weighted by molar-refractivity contribution is 6.03. The maximum Gasteiger partial charge on any atom is 0.168 e. The molecule has 35 heavy (non-hydrogen) atoms. The second-order valence-electron chi connectivity index (χ2n) is 9.25. The molecule has 5 N–H and O–H groups in total. The van der Waals surface area contributed by atoms with Crippen molar-refractivity contribution in [2.24, 2.45) is 5.92 Å². The van der Waals surface area contributed by atoms with Gasteiger partial charge >= 0.3 is 0 Å². The fourth-order valence-electron chi connectivity index (χ4n) is 3.79. The van der Waals surface area contributed by atoms with Gasteiger partial charge in [0.15, 0.2) is 11.5 Å². The normalized spacial score (nSPS) is 15.6. The van der Waals surface area contributed by atoms with Crippen LogP contribution in [0.1, 0.15) is 44.7 Å². The number of methoxy groups -OCH3 is 1. The Morgan fingerprint density at radius 1 is 1.23 bits per heavy atom. The van der Waals surface area contributed by atoms with Gasteiger partial charge in [-0.15, -0.1) is 0 Å². The fraction of sp³-hybridized carbons (Fsp3) is 0.296. The molecule has 1 fully saturated rings. The van der Waals surface area contributed by atoms with Crippen LogP contribution in [0.25, 0.3) is 0 Å². The van der Waals surface area contributed by atoms with Crippen LogP contribution in [0.2, 0.25) is 0 Å². The molecule has 2 aliphatic rings. The van der Waals surface area contributed by atoms with E-state index in [1.165, 1.54) is 0 Å². The van der Waals surface area contributed by atoms with Crippen molar-refractivity contribution in [1.29, 1.82) is 5.41 Å². The Labute approximate surface area is 205 Å². The van der Waals surface area contributed by atoms with Crippen LogP contribution in [-0.4, -0.2) is 28.7 Å². The lowest BCUT2D eigenvalue weighted by Crippen LogP contribution is -2.17. The first-order valence-corrected chi connectivity index (χ1v) is 11.6. The molecule has 0 amide bonds. The average Bonchev–Trinajstić information content (AvgIpc) is 3.67. The molecular weight excluding hydrogens is 442 g/mol. The summed E-state index contributed by atoms with van der Waals surface area (Å²) in [7, 11) is 1.57. The predicted octanol–water partition coefficient (Wildman–Crippen LogP) is 4.42. The summed E-state index contributed by atoms with van der Waals surface area (Å²) in [5.41, 5.74) is 2.63. The maximum atomic E-state index is 13.1. The minimum absolute atomic E-state index is 0.0439. The number of hydrogen-bond donors (Lipinski definition) is 5. The summed E-state index contributed by atoms with van der Waals surface area (Å²) in [6.45, 7) is 5.13. The van der Waals surface area contributed by atoms with Crippen molar-refractivity contribution >= 4 is 23.0 Å². The lowest BCUT2D eigenvalue weighted by atomic mass is 10.0. The van der Waals surface area contributed by atoms with E-state index in [2.05, 4.69) is 20.9 Å². The molecule has 182 valence electrons. The number of carbonyl (C=O) groups is 1. The van der Waals surface area contributed by atoms with Crippen LogP contribution in [0, 0.1) is 11.3 Å². The second-order valence-corrected chi connectivity index (χ2v) is 9.25. The third-order valence-corrected chi connectivity index (χ3v) is 5.91. The number of rotatable bonds is 9. The summed E-state index contributed by atoms with van der Waals surface area (Å²) in [6.07, 6.45) is 8.75. The molecule has 8 nitrogen and oxygen atoms in total. The van der Waals surface area contributed by atoms with Gasteiger partial charge in [0.25, 0.3) is 0 Å². The number of pyridine rings is 1. The Hall–Kier alpha value is -3.91. The van der Waals surface area contributed by atoms with Crippen LogP contribution < -0.4 is 20.7 Å². The van der Waals surface area contributed by atoms with Gasteiger partial charge in [0.1, 0.15) is 11.6 Å². The maximum absolute atomic E-state index is 13.1. The van der Waals surface area contributed by atoms with Crippen molar-refractivity contribution < 1.29 is 14.6 Å². The van der Waals surface area contributed by atoms with Crippen LogP contribution in [0.3, 0.4) is 0 Å². The van der Waals surface area contributed by atoms with E-state index < -0.39 is 5.60 Å². The van der Waals surface area contributed by atoms with Gasteiger partial charge in [-0.25, -0.2) is 4.98 Å². The summed E-state index contributed by atoms with van der Waals surface area (Å²) in [5.74, 6) is 1.87. The van der Waals surface area contributed by atoms with Crippen molar-refractivity contribution in [1.82, 2.24) is 10.3 Å². The molecule has 0 saturated heterocycles. The number of ether oxygens (including phenoxy) is 1. The van der Waals surface area contributed by atoms with Gasteiger partial charge in [0, 0.05) is 46.8 Å². The van der Waals surface area contributed by atoms with Gasteiger partial charge in [0.05, 0.1) is 24.1 Å². The van der Waals surface area contributed by atoms with E-state index in [0.29, 0.717) is 51.2 Å². The minimum atomic E-state index is -0.978. The first-order chi connectivity index (χ1) is 16.7. The van der Waals surface area contributed by atoms with Crippen molar-refractivity contribution in [2.45, 2.75) is 39.2 Å². The molecule has 0 unspecified atom stereocenters. The van der Waals surface area contributed by atoms with Crippen LogP contribution >= 0.6 is 0 Å². The number of Topliss-reactive ketones (excluding diaryl/α,β-unsaturated/α-hetero) is 1. The zero-order chi connectivity index (χ0) is 25.2. The highest BCUT2D eigenvalue weighted by Crippen LogP contribution is 2.36. The van der Waals surface area contributed by atoms with E-state index in [1.54, 1.807) is 52.4 Å². The van der Waals surface area contributed by atoms with Gasteiger partial charge in [-0.1, -0.05) is 12.1 Å². The Kier molecular flexibility index (Phi) is 6.75. The summed E-state index contributed by atoms with van der Waals surface area (Å²) < 4.78 is 5.62. The summed E-state index contributed by atoms with van der Waals surface area (Å²) >= 11 is 0. The van der Waals surface area contributed by atoms with Crippen LogP contribution in [-0.2, 0) is 10.4 Å². The second kappa shape index (κ2) is 9.76. The minimum Gasteiger partial charge on any atom is -0.494 e. The number of para-hydroxylation sites is 1. The third-order valence-electron chi connectivity index (χ3n) is 5.91. The number of benzene rings is 1. The smallest absolute Gasteiger partial charge is 0.168 e. The monoisotopic (exact) mass is 473 g/mol. The molecule has 4 rings (SSSR count). The van der Waals surface area contributed by atoms with Crippen LogP contribution in [0.4, 0.5) is 11.5 Å². The Balaban J connectivity index is 1.70. The zero-order valence-corrected chi connectivity index (χ0v) is 20.4. The molecule has 0 radical (unpaired) electrons. The number of aromatic nitrogens is 1. The first kappa shape index (κ1) is 24.2. The van der Waals surface area contributed by atoms with Gasteiger partial charge in [0.2, 0.25) is 0 Å². The van der Waals surface area contributed by atoms with E-state index >= 15 is 0 Å². The number of anilines is 2. The Morgan fingerprint density at radius 3 is 2.60 bits per heavy atom. The molecule has 2 heterocycles. The molecule has 8 heteroatoms. The van der Waals surface area contributed by atoms with E-state index in [-0.39, 0.29) is 11.7 Å². The van der Waals surface area contributed by atoms with Crippen molar-refractivity contribution in [3.05, 3.63) is 83.1 Å². The van der Waals surface area contributed by atoms with E-state index in [1.807, 2.05) is 30.3 Å². The molecule has 0 bridgehead atoms. The highest BCUT2D eigenvalue weighted by Gasteiger charge is 2.32. The quantitative estimate of drug-likeness (QED) is 0.342. The number of aliphatic hydroxyl groups is 1. The van der Waals surface area contributed by atoms with Gasteiger partial charge < -0.3 is 31.2 Å². The van der Waals surface area contributed by atoms with Crippen molar-refractivity contribution in [3.63, 3.8) is 0 Å². The summed E-state index contributed by atoms with van der Waals surface area (Å²) in [6, 6.07) is 9.14. The lowest BCUT2D eigenvalue weighted by molar-refractivity contribution is -0.116. The Bertz CT molecular complexity index is 1230. The largest absolute Gasteiger partial charge is 0.494 e. The lowest BCUT2D eigenvalue weighted by Gasteiger charge is -2.18. The van der Waals surface area contributed by atoms with Gasteiger partial charge in [-0.05, 0) is 57.9 Å². The van der Waals surface area contributed by atoms with Crippen LogP contribution in [0.15, 0.2) is 72.0 Å². The average molecular weight is 474 g/mol. The molecule has 1 aromatic heterocycles. The molecule has 1 aliphatic heterocycles. The molecular formula is C27H31N5O3. The highest BCUT2D eigenvalue weighted by atomic mass is 16.5. The number of hydrogen-bond acceptors (Lipinski definition) is 8. The third kappa shape index (κ3) is 5.60. The summed E-state index contributed by atoms with van der Waals surface area (Å²) in [5, 5.41) is 28.0. The van der Waals surface area contributed by atoms with Gasteiger partial charge in [-0.2, -0.15) is 0 Å². The van der Waals surface area contributed by atoms with Gasteiger partial charge in [-0.3, -0.25) is 4.79 Å². The number of ketones is 1. The van der Waals surface area contributed by atoms with E-state index in [9.17, 15) is 9.90 Å². The topological polar surface area (TPSA) is 119 Å². The molecule has 0 atom stereocenters. The number of allylic oxidation sites excluding steroid dienone is 3. The van der Waals surface area contributed by atoms with E-state index in [4.69, 9.17) is 10.1 Å². The fourth-order valence-corrected chi connectivity index (χ4v) is 3.79. The summed E-state index contributed by atoms with van der Waals surface area (Å²) in [4.78, 5) is 17.5. The molecule has 0 spiro atoms. The number of carbonyl (C=O) groups excluding carboxylic acids is 1. The molecule has 1 aliphatic carbocycles. The van der Waals surface area contributed by atoms with E-state index in [0.717, 1.165) is 12.8 Å².